The Labute approximate surface area is 119 Å². The van der Waals surface area contributed by atoms with Gasteiger partial charge in [-0.3, -0.25) is 0 Å². The maximum Gasteiger partial charge on any atom is 0.231 e. The van der Waals surface area contributed by atoms with Crippen molar-refractivity contribution >= 4 is 5.69 Å². The van der Waals surface area contributed by atoms with Crippen LogP contribution in [0.3, 0.4) is 0 Å². The van der Waals surface area contributed by atoms with Gasteiger partial charge in [0, 0.05) is 12.2 Å². The van der Waals surface area contributed by atoms with Crippen molar-refractivity contribution in [3.05, 3.63) is 53.6 Å². The Morgan fingerprint density at radius 3 is 2.80 bits per heavy atom. The molecule has 2 aromatic rings. The molecule has 0 saturated carbocycles. The number of hydrogen-bond donors (Lipinski definition) is 1. The number of fused-ring (bicyclic) bond motifs is 1. The summed E-state index contributed by atoms with van der Waals surface area (Å²) in [4.78, 5) is 0. The van der Waals surface area contributed by atoms with Crippen LogP contribution in [-0.4, -0.2) is 6.79 Å². The molecule has 3 rings (SSSR count). The van der Waals surface area contributed by atoms with Gasteiger partial charge in [0.15, 0.2) is 11.5 Å². The van der Waals surface area contributed by atoms with E-state index in [0.717, 1.165) is 30.9 Å². The molecule has 1 heterocycles. The van der Waals surface area contributed by atoms with Gasteiger partial charge in [-0.05, 0) is 35.7 Å². The fourth-order valence-electron chi connectivity index (χ4n) is 2.43. The van der Waals surface area contributed by atoms with Gasteiger partial charge in [0.25, 0.3) is 0 Å². The summed E-state index contributed by atoms with van der Waals surface area (Å²) in [5.74, 6) is 1.67. The predicted molar refractivity (Wildman–Crippen MR) is 80.3 cm³/mol. The molecule has 3 nitrogen and oxygen atoms in total. The highest BCUT2D eigenvalue weighted by molar-refractivity contribution is 5.52. The van der Waals surface area contributed by atoms with E-state index < -0.39 is 0 Å². The third-order valence-electron chi connectivity index (χ3n) is 3.46. The first-order valence-corrected chi connectivity index (χ1v) is 7.07. The highest BCUT2D eigenvalue weighted by Crippen LogP contribution is 2.32. The summed E-state index contributed by atoms with van der Waals surface area (Å²) in [5, 5.41) is 3.51. The van der Waals surface area contributed by atoms with Crippen LogP contribution in [0.5, 0.6) is 11.5 Å². The van der Waals surface area contributed by atoms with Crippen molar-refractivity contribution in [1.29, 1.82) is 0 Å². The molecule has 0 fully saturated rings. The fraction of sp³-hybridized carbons (Fsp3) is 0.294. The zero-order chi connectivity index (χ0) is 13.8. The monoisotopic (exact) mass is 269 g/mol. The Hall–Kier alpha value is -2.16. The zero-order valence-corrected chi connectivity index (χ0v) is 11.7. The minimum absolute atomic E-state index is 0.325. The minimum Gasteiger partial charge on any atom is -0.454 e. The van der Waals surface area contributed by atoms with E-state index in [1.54, 1.807) is 0 Å². The number of rotatable bonds is 5. The lowest BCUT2D eigenvalue weighted by molar-refractivity contribution is 0.174. The number of hydrogen-bond acceptors (Lipinski definition) is 3. The van der Waals surface area contributed by atoms with Crippen molar-refractivity contribution in [2.75, 3.05) is 12.1 Å². The second-order valence-electron chi connectivity index (χ2n) is 4.95. The zero-order valence-electron chi connectivity index (χ0n) is 11.7. The predicted octanol–water partition coefficient (Wildman–Crippen LogP) is 3.98. The summed E-state index contributed by atoms with van der Waals surface area (Å²) in [6.07, 6.45) is 2.26. The molecule has 0 aromatic heterocycles. The topological polar surface area (TPSA) is 30.5 Å². The van der Waals surface area contributed by atoms with Crippen molar-refractivity contribution in [1.82, 2.24) is 0 Å². The number of ether oxygens (including phenoxy) is 2. The van der Waals surface area contributed by atoms with Gasteiger partial charge in [-0.15, -0.1) is 0 Å². The molecule has 104 valence electrons. The van der Waals surface area contributed by atoms with Gasteiger partial charge in [0.1, 0.15) is 0 Å². The van der Waals surface area contributed by atoms with E-state index in [0.29, 0.717) is 6.79 Å². The van der Waals surface area contributed by atoms with Crippen LogP contribution in [0.1, 0.15) is 24.5 Å². The lowest BCUT2D eigenvalue weighted by Crippen LogP contribution is -2.02. The first-order chi connectivity index (χ1) is 9.86. The lowest BCUT2D eigenvalue weighted by Gasteiger charge is -2.11. The van der Waals surface area contributed by atoms with E-state index in [-0.39, 0.29) is 0 Å². The first kappa shape index (κ1) is 12.9. The van der Waals surface area contributed by atoms with Crippen LogP contribution in [0, 0.1) is 0 Å². The normalized spacial score (nSPS) is 12.4. The third-order valence-corrected chi connectivity index (χ3v) is 3.46. The number of nitrogens with one attached hydrogen (secondary N) is 1. The van der Waals surface area contributed by atoms with Gasteiger partial charge in [-0.2, -0.15) is 0 Å². The van der Waals surface area contributed by atoms with Crippen LogP contribution in [0.25, 0.3) is 0 Å². The quantitative estimate of drug-likeness (QED) is 0.890. The molecule has 3 heteroatoms. The summed E-state index contributed by atoms with van der Waals surface area (Å²) in [6.45, 7) is 3.32. The van der Waals surface area contributed by atoms with Gasteiger partial charge >= 0.3 is 0 Å². The average Bonchev–Trinajstić information content (AvgIpc) is 2.94. The van der Waals surface area contributed by atoms with E-state index >= 15 is 0 Å². The second-order valence-corrected chi connectivity index (χ2v) is 4.95. The van der Waals surface area contributed by atoms with Crippen LogP contribution < -0.4 is 14.8 Å². The summed E-state index contributed by atoms with van der Waals surface area (Å²) in [7, 11) is 0. The molecule has 0 saturated heterocycles. The van der Waals surface area contributed by atoms with Gasteiger partial charge in [0.2, 0.25) is 6.79 Å². The van der Waals surface area contributed by atoms with Gasteiger partial charge in [-0.1, -0.05) is 37.6 Å². The molecule has 0 atom stereocenters. The Balaban J connectivity index is 1.70. The molecule has 0 unspecified atom stereocenters. The van der Waals surface area contributed by atoms with Crippen molar-refractivity contribution in [3.63, 3.8) is 0 Å². The molecule has 1 aliphatic rings. The van der Waals surface area contributed by atoms with Crippen molar-refractivity contribution < 1.29 is 9.47 Å². The van der Waals surface area contributed by atoms with Crippen LogP contribution >= 0.6 is 0 Å². The van der Waals surface area contributed by atoms with Crippen LogP contribution in [0.2, 0.25) is 0 Å². The Bertz CT molecular complexity index is 595. The van der Waals surface area contributed by atoms with Gasteiger partial charge < -0.3 is 14.8 Å². The third kappa shape index (κ3) is 2.72. The molecular weight excluding hydrogens is 250 g/mol. The summed E-state index contributed by atoms with van der Waals surface area (Å²) in [6, 6.07) is 14.6. The Morgan fingerprint density at radius 2 is 1.90 bits per heavy atom. The maximum absolute atomic E-state index is 5.40. The minimum atomic E-state index is 0.325. The van der Waals surface area contributed by atoms with Crippen molar-refractivity contribution in [2.45, 2.75) is 26.3 Å². The summed E-state index contributed by atoms with van der Waals surface area (Å²) in [5.41, 5.74) is 3.78. The van der Waals surface area contributed by atoms with E-state index in [4.69, 9.17) is 9.47 Å². The van der Waals surface area contributed by atoms with E-state index in [2.05, 4.69) is 42.6 Å². The second kappa shape index (κ2) is 5.87. The highest BCUT2D eigenvalue weighted by atomic mass is 16.7. The molecule has 1 N–H and O–H groups in total. The summed E-state index contributed by atoms with van der Waals surface area (Å²) < 4.78 is 10.7. The number of para-hydroxylation sites is 1. The molecule has 0 amide bonds. The van der Waals surface area contributed by atoms with E-state index in [1.165, 1.54) is 16.8 Å². The first-order valence-electron chi connectivity index (χ1n) is 7.07. The van der Waals surface area contributed by atoms with Crippen LogP contribution in [0.4, 0.5) is 5.69 Å². The molecule has 0 radical (unpaired) electrons. The number of anilines is 1. The molecular formula is C17H19NO2. The van der Waals surface area contributed by atoms with Crippen LogP contribution in [-0.2, 0) is 13.0 Å². The van der Waals surface area contributed by atoms with Crippen molar-refractivity contribution in [3.8, 4) is 11.5 Å². The van der Waals surface area contributed by atoms with Gasteiger partial charge in [0.05, 0.1) is 0 Å². The fourth-order valence-corrected chi connectivity index (χ4v) is 2.43. The van der Waals surface area contributed by atoms with Crippen LogP contribution in [0.15, 0.2) is 42.5 Å². The standard InChI is InChI=1S/C17H19NO2/c1-2-5-14-6-3-4-7-15(14)18-11-13-8-9-16-17(10-13)20-12-19-16/h3-4,6-10,18H,2,5,11-12H2,1H3. The highest BCUT2D eigenvalue weighted by Gasteiger charge is 2.13. The molecule has 2 aromatic carbocycles. The van der Waals surface area contributed by atoms with E-state index in [1.807, 2.05) is 12.1 Å². The largest absolute Gasteiger partial charge is 0.454 e. The Kier molecular flexibility index (Phi) is 3.77. The smallest absolute Gasteiger partial charge is 0.231 e. The number of benzene rings is 2. The average molecular weight is 269 g/mol. The Morgan fingerprint density at radius 1 is 1.05 bits per heavy atom. The SMILES string of the molecule is CCCc1ccccc1NCc1ccc2c(c1)OCO2. The van der Waals surface area contributed by atoms with Crippen molar-refractivity contribution in [2.24, 2.45) is 0 Å². The molecule has 20 heavy (non-hydrogen) atoms. The van der Waals surface area contributed by atoms with Gasteiger partial charge in [-0.25, -0.2) is 0 Å². The molecule has 0 bridgehead atoms. The van der Waals surface area contributed by atoms with E-state index in [9.17, 15) is 0 Å². The summed E-state index contributed by atoms with van der Waals surface area (Å²) >= 11 is 0. The number of aryl methyl sites for hydroxylation is 1. The molecule has 0 spiro atoms. The molecule has 1 aliphatic heterocycles. The molecule has 0 aliphatic carbocycles. The maximum atomic E-state index is 5.40. The lowest BCUT2D eigenvalue weighted by atomic mass is 10.1.